The number of hydrogen-bond donors (Lipinski definition) is 1. The number of aromatic nitrogens is 1. The van der Waals surface area contributed by atoms with Crippen LogP contribution in [0.15, 0.2) is 42.6 Å². The zero-order valence-corrected chi connectivity index (χ0v) is 13.7. The van der Waals surface area contributed by atoms with Crippen LogP contribution in [-0.2, 0) is 0 Å². The summed E-state index contributed by atoms with van der Waals surface area (Å²) in [5, 5.41) is 2.90. The number of nitrogens with zero attached hydrogens (tertiary/aromatic N) is 3. The summed E-state index contributed by atoms with van der Waals surface area (Å²) in [6.07, 6.45) is 1.80. The number of nitrogens with one attached hydrogen (secondary N) is 1. The van der Waals surface area contributed by atoms with Gasteiger partial charge in [0.2, 0.25) is 0 Å². The summed E-state index contributed by atoms with van der Waals surface area (Å²) >= 11 is 0. The van der Waals surface area contributed by atoms with Gasteiger partial charge >= 0.3 is 0 Å². The van der Waals surface area contributed by atoms with Gasteiger partial charge in [0, 0.05) is 37.9 Å². The molecule has 2 heterocycles. The van der Waals surface area contributed by atoms with Crippen molar-refractivity contribution in [1.29, 1.82) is 0 Å². The lowest BCUT2D eigenvalue weighted by Crippen LogP contribution is -2.50. The zero-order valence-electron chi connectivity index (χ0n) is 13.7. The monoisotopic (exact) mass is 328 g/mol. The fraction of sp³-hybridized carbons (Fsp3) is 0.333. The molecular formula is C18H21FN4O. The fourth-order valence-electron chi connectivity index (χ4n) is 2.75. The van der Waals surface area contributed by atoms with Crippen LogP contribution in [0.3, 0.4) is 0 Å². The van der Waals surface area contributed by atoms with Gasteiger partial charge in [-0.2, -0.15) is 0 Å². The molecule has 0 aliphatic carbocycles. The Morgan fingerprint density at radius 2 is 2.00 bits per heavy atom. The molecule has 1 aromatic carbocycles. The number of piperazine rings is 1. The average molecular weight is 328 g/mol. The second-order valence-electron chi connectivity index (χ2n) is 5.92. The molecule has 1 amide bonds. The van der Waals surface area contributed by atoms with Gasteiger partial charge in [0.25, 0.3) is 5.91 Å². The van der Waals surface area contributed by atoms with Crippen molar-refractivity contribution >= 4 is 11.7 Å². The number of hydrogen-bond acceptors (Lipinski definition) is 4. The van der Waals surface area contributed by atoms with E-state index in [1.54, 1.807) is 19.2 Å². The molecule has 1 aromatic heterocycles. The van der Waals surface area contributed by atoms with Gasteiger partial charge < -0.3 is 10.2 Å². The molecule has 2 aromatic rings. The Kier molecular flexibility index (Phi) is 5.05. The molecule has 0 saturated carbocycles. The zero-order chi connectivity index (χ0) is 16.9. The Morgan fingerprint density at radius 1 is 1.21 bits per heavy atom. The van der Waals surface area contributed by atoms with E-state index in [-0.39, 0.29) is 11.7 Å². The lowest BCUT2D eigenvalue weighted by atomic mass is 10.1. The van der Waals surface area contributed by atoms with E-state index >= 15 is 0 Å². The van der Waals surface area contributed by atoms with Crippen LogP contribution in [-0.4, -0.2) is 48.6 Å². The maximum absolute atomic E-state index is 13.3. The van der Waals surface area contributed by atoms with Crippen molar-refractivity contribution in [3.63, 3.8) is 0 Å². The quantitative estimate of drug-likeness (QED) is 0.933. The highest BCUT2D eigenvalue weighted by Crippen LogP contribution is 2.12. The fourth-order valence-corrected chi connectivity index (χ4v) is 2.75. The molecule has 3 rings (SSSR count). The molecule has 0 atom stereocenters. The summed E-state index contributed by atoms with van der Waals surface area (Å²) < 4.78 is 13.3. The Balaban J connectivity index is 1.48. The van der Waals surface area contributed by atoms with Gasteiger partial charge in [-0.15, -0.1) is 0 Å². The van der Waals surface area contributed by atoms with Gasteiger partial charge in [-0.1, -0.05) is 6.07 Å². The van der Waals surface area contributed by atoms with E-state index < -0.39 is 0 Å². The summed E-state index contributed by atoms with van der Waals surface area (Å²) in [5.74, 6) is 0.519. The van der Waals surface area contributed by atoms with E-state index in [1.807, 2.05) is 18.2 Å². The summed E-state index contributed by atoms with van der Waals surface area (Å²) in [7, 11) is 0. The lowest BCUT2D eigenvalue weighted by Gasteiger charge is -2.35. The van der Waals surface area contributed by atoms with Crippen LogP contribution in [0.5, 0.6) is 0 Å². The minimum Gasteiger partial charge on any atom is -0.354 e. The van der Waals surface area contributed by atoms with Crippen LogP contribution in [0, 0.1) is 12.7 Å². The van der Waals surface area contributed by atoms with E-state index in [2.05, 4.69) is 20.1 Å². The van der Waals surface area contributed by atoms with Crippen molar-refractivity contribution in [2.24, 2.45) is 0 Å². The lowest BCUT2D eigenvalue weighted by molar-refractivity contribution is 0.0920. The van der Waals surface area contributed by atoms with Crippen molar-refractivity contribution < 1.29 is 9.18 Å². The maximum Gasteiger partial charge on any atom is 0.252 e. The van der Waals surface area contributed by atoms with Crippen LogP contribution < -0.4 is 10.2 Å². The van der Waals surface area contributed by atoms with Gasteiger partial charge in [0.1, 0.15) is 11.6 Å². The van der Waals surface area contributed by atoms with Crippen LogP contribution in [0.1, 0.15) is 15.9 Å². The number of benzene rings is 1. The van der Waals surface area contributed by atoms with Gasteiger partial charge in [-0.25, -0.2) is 9.37 Å². The van der Waals surface area contributed by atoms with Crippen molar-refractivity contribution in [1.82, 2.24) is 15.2 Å². The predicted octanol–water partition coefficient (Wildman–Crippen LogP) is 2.04. The molecule has 1 fully saturated rings. The second-order valence-corrected chi connectivity index (χ2v) is 5.92. The molecule has 1 aliphatic heterocycles. The third-order valence-corrected chi connectivity index (χ3v) is 4.23. The molecule has 1 N–H and O–H groups in total. The third kappa shape index (κ3) is 3.89. The highest BCUT2D eigenvalue weighted by molar-refractivity contribution is 5.94. The first kappa shape index (κ1) is 16.4. The van der Waals surface area contributed by atoms with Crippen LogP contribution >= 0.6 is 0 Å². The number of carbonyl (C=O) groups is 1. The second kappa shape index (κ2) is 7.40. The van der Waals surface area contributed by atoms with Crippen molar-refractivity contribution in [2.45, 2.75) is 6.92 Å². The number of pyridine rings is 1. The van der Waals surface area contributed by atoms with Gasteiger partial charge in [0.05, 0.1) is 6.67 Å². The van der Waals surface area contributed by atoms with E-state index in [4.69, 9.17) is 0 Å². The first-order chi connectivity index (χ1) is 11.6. The Bertz CT molecular complexity index is 699. The number of amides is 1. The smallest absolute Gasteiger partial charge is 0.252 e. The molecule has 1 saturated heterocycles. The molecule has 0 bridgehead atoms. The molecule has 0 spiro atoms. The summed E-state index contributed by atoms with van der Waals surface area (Å²) in [6.45, 7) is 5.62. The van der Waals surface area contributed by atoms with E-state index in [9.17, 15) is 9.18 Å². The number of anilines is 1. The number of aryl methyl sites for hydroxylation is 1. The summed E-state index contributed by atoms with van der Waals surface area (Å²) in [4.78, 5) is 20.9. The molecule has 6 heteroatoms. The largest absolute Gasteiger partial charge is 0.354 e. The maximum atomic E-state index is 13.3. The highest BCUT2D eigenvalue weighted by atomic mass is 19.1. The van der Waals surface area contributed by atoms with Gasteiger partial charge in [-0.3, -0.25) is 9.69 Å². The van der Waals surface area contributed by atoms with Gasteiger partial charge in [0.15, 0.2) is 0 Å². The molecule has 24 heavy (non-hydrogen) atoms. The standard InChI is InChI=1S/C18H21FN4O/c1-14-12-15(5-6-16(14)19)18(24)21-13-22-8-10-23(11-9-22)17-4-2-3-7-20-17/h2-7,12H,8-11,13H2,1H3,(H,21,24). The van der Waals surface area contributed by atoms with Crippen LogP contribution in [0.4, 0.5) is 10.2 Å². The Morgan fingerprint density at radius 3 is 2.67 bits per heavy atom. The van der Waals surface area contributed by atoms with E-state index in [0.29, 0.717) is 17.8 Å². The molecule has 0 radical (unpaired) electrons. The van der Waals surface area contributed by atoms with Crippen molar-refractivity contribution in [2.75, 3.05) is 37.7 Å². The number of halogens is 1. The first-order valence-corrected chi connectivity index (χ1v) is 8.06. The topological polar surface area (TPSA) is 48.5 Å². The minimum absolute atomic E-state index is 0.176. The predicted molar refractivity (Wildman–Crippen MR) is 91.5 cm³/mol. The molecule has 5 nitrogen and oxygen atoms in total. The third-order valence-electron chi connectivity index (χ3n) is 4.23. The molecule has 1 aliphatic rings. The molecule has 0 unspecified atom stereocenters. The highest BCUT2D eigenvalue weighted by Gasteiger charge is 2.18. The number of carbonyl (C=O) groups excluding carboxylic acids is 1. The van der Waals surface area contributed by atoms with E-state index in [1.165, 1.54) is 12.1 Å². The first-order valence-electron chi connectivity index (χ1n) is 8.06. The van der Waals surface area contributed by atoms with E-state index in [0.717, 1.165) is 32.0 Å². The molecular weight excluding hydrogens is 307 g/mol. The van der Waals surface area contributed by atoms with Crippen molar-refractivity contribution in [3.05, 3.63) is 59.5 Å². The Labute approximate surface area is 141 Å². The molecule has 126 valence electrons. The summed E-state index contributed by atoms with van der Waals surface area (Å²) in [5.41, 5.74) is 0.965. The van der Waals surface area contributed by atoms with Crippen LogP contribution in [0.25, 0.3) is 0 Å². The van der Waals surface area contributed by atoms with Gasteiger partial charge in [-0.05, 0) is 42.8 Å². The number of rotatable bonds is 4. The van der Waals surface area contributed by atoms with Crippen molar-refractivity contribution in [3.8, 4) is 0 Å². The SMILES string of the molecule is Cc1cc(C(=O)NCN2CCN(c3ccccn3)CC2)ccc1F. The van der Waals surface area contributed by atoms with Crippen LogP contribution in [0.2, 0.25) is 0 Å². The average Bonchev–Trinajstić information content (AvgIpc) is 2.63. The Hall–Kier alpha value is -2.47. The normalized spacial score (nSPS) is 15.3. The summed E-state index contributed by atoms with van der Waals surface area (Å²) in [6, 6.07) is 10.3. The minimum atomic E-state index is -0.294.